The quantitative estimate of drug-likeness (QED) is 0.923. The van der Waals surface area contributed by atoms with E-state index in [1.54, 1.807) is 0 Å². The highest BCUT2D eigenvalue weighted by atomic mass is 35.5. The number of rotatable bonds is 2. The molecule has 3 rings (SSSR count). The summed E-state index contributed by atoms with van der Waals surface area (Å²) in [7, 11) is 0. The zero-order chi connectivity index (χ0) is 13.2. The highest BCUT2D eigenvalue weighted by Gasteiger charge is 2.27. The van der Waals surface area contributed by atoms with Crippen LogP contribution in [-0.2, 0) is 17.9 Å². The number of halogens is 1. The van der Waals surface area contributed by atoms with Gasteiger partial charge in [-0.3, -0.25) is 4.79 Å². The van der Waals surface area contributed by atoms with E-state index in [2.05, 4.69) is 12.1 Å². The summed E-state index contributed by atoms with van der Waals surface area (Å²) in [6.45, 7) is 1.32. The monoisotopic (exact) mass is 288 g/mol. The number of amides is 1. The Morgan fingerprint density at radius 3 is 2.00 bits per heavy atom. The van der Waals surface area contributed by atoms with Gasteiger partial charge in [0.2, 0.25) is 5.91 Å². The SMILES string of the molecule is Cl.N[C@H](C(=O)N1Cc2ccccc2C1)c1ccccc1. The van der Waals surface area contributed by atoms with Crippen molar-refractivity contribution in [2.75, 3.05) is 0 Å². The largest absolute Gasteiger partial charge is 0.332 e. The number of benzene rings is 2. The summed E-state index contributed by atoms with van der Waals surface area (Å²) in [4.78, 5) is 14.2. The molecule has 4 heteroatoms. The van der Waals surface area contributed by atoms with Gasteiger partial charge in [-0.1, -0.05) is 54.6 Å². The number of fused-ring (bicyclic) bond motifs is 1. The Morgan fingerprint density at radius 1 is 0.950 bits per heavy atom. The standard InChI is InChI=1S/C16H16N2O.ClH/c17-15(12-6-2-1-3-7-12)16(19)18-10-13-8-4-5-9-14(13)11-18;/h1-9,15H,10-11,17H2;1H/t15-;/m0./s1. The molecule has 1 heterocycles. The minimum atomic E-state index is -0.574. The van der Waals surface area contributed by atoms with Gasteiger partial charge in [-0.2, -0.15) is 0 Å². The van der Waals surface area contributed by atoms with Crippen LogP contribution in [-0.4, -0.2) is 10.8 Å². The maximum atomic E-state index is 12.4. The van der Waals surface area contributed by atoms with Crippen LogP contribution in [0.3, 0.4) is 0 Å². The smallest absolute Gasteiger partial charge is 0.244 e. The van der Waals surface area contributed by atoms with Gasteiger partial charge in [-0.05, 0) is 16.7 Å². The van der Waals surface area contributed by atoms with Crippen molar-refractivity contribution in [3.8, 4) is 0 Å². The van der Waals surface area contributed by atoms with Crippen molar-refractivity contribution >= 4 is 18.3 Å². The topological polar surface area (TPSA) is 46.3 Å². The molecule has 0 unspecified atom stereocenters. The molecule has 0 bridgehead atoms. The van der Waals surface area contributed by atoms with Crippen LogP contribution in [0, 0.1) is 0 Å². The van der Waals surface area contributed by atoms with Gasteiger partial charge in [-0.25, -0.2) is 0 Å². The van der Waals surface area contributed by atoms with E-state index in [1.165, 1.54) is 11.1 Å². The fourth-order valence-corrected chi connectivity index (χ4v) is 2.49. The van der Waals surface area contributed by atoms with Crippen molar-refractivity contribution in [2.45, 2.75) is 19.1 Å². The van der Waals surface area contributed by atoms with Crippen LogP contribution in [0.5, 0.6) is 0 Å². The van der Waals surface area contributed by atoms with Crippen molar-refractivity contribution in [3.63, 3.8) is 0 Å². The van der Waals surface area contributed by atoms with Crippen LogP contribution >= 0.6 is 12.4 Å². The second-order valence-electron chi connectivity index (χ2n) is 4.85. The Kier molecular flexibility index (Phi) is 4.42. The molecule has 20 heavy (non-hydrogen) atoms. The molecule has 3 nitrogen and oxygen atoms in total. The lowest BCUT2D eigenvalue weighted by atomic mass is 10.1. The van der Waals surface area contributed by atoms with Crippen LogP contribution in [0.15, 0.2) is 54.6 Å². The predicted molar refractivity (Wildman–Crippen MR) is 81.3 cm³/mol. The summed E-state index contributed by atoms with van der Waals surface area (Å²) in [6, 6.07) is 17.1. The normalized spacial score (nSPS) is 14.3. The minimum absolute atomic E-state index is 0. The van der Waals surface area contributed by atoms with Gasteiger partial charge < -0.3 is 10.6 Å². The number of carbonyl (C=O) groups excluding carboxylic acids is 1. The van der Waals surface area contributed by atoms with E-state index in [0.717, 1.165) is 5.56 Å². The fourth-order valence-electron chi connectivity index (χ4n) is 2.49. The molecular weight excluding hydrogens is 272 g/mol. The Morgan fingerprint density at radius 2 is 1.45 bits per heavy atom. The van der Waals surface area contributed by atoms with Crippen molar-refractivity contribution in [3.05, 3.63) is 71.3 Å². The number of nitrogens with zero attached hydrogens (tertiary/aromatic N) is 1. The van der Waals surface area contributed by atoms with Gasteiger partial charge in [-0.15, -0.1) is 12.4 Å². The van der Waals surface area contributed by atoms with Gasteiger partial charge >= 0.3 is 0 Å². The lowest BCUT2D eigenvalue weighted by Crippen LogP contribution is -2.35. The van der Waals surface area contributed by atoms with Gasteiger partial charge in [0.05, 0.1) is 0 Å². The zero-order valence-electron chi connectivity index (χ0n) is 11.0. The molecule has 0 aliphatic carbocycles. The lowest BCUT2D eigenvalue weighted by Gasteiger charge is -2.20. The van der Waals surface area contributed by atoms with Crippen molar-refractivity contribution in [2.24, 2.45) is 5.73 Å². The van der Waals surface area contributed by atoms with E-state index in [0.29, 0.717) is 13.1 Å². The van der Waals surface area contributed by atoms with E-state index in [1.807, 2.05) is 47.4 Å². The molecule has 0 radical (unpaired) electrons. The summed E-state index contributed by atoms with van der Waals surface area (Å²) in [5, 5.41) is 0. The van der Waals surface area contributed by atoms with E-state index in [-0.39, 0.29) is 18.3 Å². The van der Waals surface area contributed by atoms with Gasteiger partial charge in [0.1, 0.15) is 6.04 Å². The molecule has 1 amide bonds. The van der Waals surface area contributed by atoms with Crippen LogP contribution < -0.4 is 5.73 Å². The van der Waals surface area contributed by atoms with Crippen LogP contribution in [0.2, 0.25) is 0 Å². The third-order valence-corrected chi connectivity index (χ3v) is 3.58. The molecule has 1 aliphatic heterocycles. The molecule has 2 N–H and O–H groups in total. The second kappa shape index (κ2) is 6.07. The number of carbonyl (C=O) groups is 1. The van der Waals surface area contributed by atoms with Crippen LogP contribution in [0.1, 0.15) is 22.7 Å². The fraction of sp³-hybridized carbons (Fsp3) is 0.188. The number of hydrogen-bond donors (Lipinski definition) is 1. The van der Waals surface area contributed by atoms with E-state index < -0.39 is 6.04 Å². The first-order valence-electron chi connectivity index (χ1n) is 6.42. The molecule has 0 fully saturated rings. The molecule has 2 aromatic carbocycles. The van der Waals surface area contributed by atoms with E-state index >= 15 is 0 Å². The Labute approximate surface area is 124 Å². The summed E-state index contributed by atoms with van der Waals surface area (Å²) < 4.78 is 0. The van der Waals surface area contributed by atoms with Gasteiger partial charge in [0.15, 0.2) is 0 Å². The van der Waals surface area contributed by atoms with Crippen molar-refractivity contribution in [1.82, 2.24) is 4.90 Å². The van der Waals surface area contributed by atoms with Crippen molar-refractivity contribution < 1.29 is 4.79 Å². The Balaban J connectivity index is 0.00000147. The first-order valence-corrected chi connectivity index (χ1v) is 6.42. The summed E-state index contributed by atoms with van der Waals surface area (Å²) in [5.41, 5.74) is 9.36. The average molecular weight is 289 g/mol. The van der Waals surface area contributed by atoms with Gasteiger partial charge in [0, 0.05) is 13.1 Å². The Hall–Kier alpha value is -1.84. The molecule has 0 spiro atoms. The summed E-state index contributed by atoms with van der Waals surface area (Å²) >= 11 is 0. The molecule has 1 atom stereocenters. The summed E-state index contributed by atoms with van der Waals surface area (Å²) in [5.74, 6) is -0.0117. The number of nitrogens with two attached hydrogens (primary N) is 1. The first-order chi connectivity index (χ1) is 9.25. The van der Waals surface area contributed by atoms with E-state index in [9.17, 15) is 4.79 Å². The maximum absolute atomic E-state index is 12.4. The minimum Gasteiger partial charge on any atom is -0.332 e. The van der Waals surface area contributed by atoms with Crippen LogP contribution in [0.4, 0.5) is 0 Å². The molecule has 1 aliphatic rings. The second-order valence-corrected chi connectivity index (χ2v) is 4.85. The summed E-state index contributed by atoms with van der Waals surface area (Å²) in [6.07, 6.45) is 0. The van der Waals surface area contributed by atoms with Gasteiger partial charge in [0.25, 0.3) is 0 Å². The highest BCUT2D eigenvalue weighted by Crippen LogP contribution is 2.25. The third kappa shape index (κ3) is 2.69. The van der Waals surface area contributed by atoms with E-state index in [4.69, 9.17) is 5.73 Å². The first kappa shape index (κ1) is 14.6. The maximum Gasteiger partial charge on any atom is 0.244 e. The molecule has 2 aromatic rings. The Bertz CT molecular complexity index is 575. The molecular formula is C16H17ClN2O. The van der Waals surface area contributed by atoms with Crippen LogP contribution in [0.25, 0.3) is 0 Å². The zero-order valence-corrected chi connectivity index (χ0v) is 11.8. The highest BCUT2D eigenvalue weighted by molar-refractivity contribution is 5.85. The van der Waals surface area contributed by atoms with Crippen molar-refractivity contribution in [1.29, 1.82) is 0 Å². The predicted octanol–water partition coefficient (Wildman–Crippen LogP) is 2.65. The third-order valence-electron chi connectivity index (χ3n) is 3.58. The molecule has 104 valence electrons. The molecule has 0 saturated heterocycles. The number of hydrogen-bond acceptors (Lipinski definition) is 2. The average Bonchev–Trinajstić information content (AvgIpc) is 2.90. The molecule has 0 saturated carbocycles. The lowest BCUT2D eigenvalue weighted by molar-refractivity contribution is -0.133. The molecule has 0 aromatic heterocycles.